The Hall–Kier alpha value is -15.5. The molecule has 0 saturated heterocycles. The van der Waals surface area contributed by atoms with Crippen molar-refractivity contribution >= 4 is 173 Å². The van der Waals surface area contributed by atoms with Gasteiger partial charge in [0.2, 0.25) is 0 Å². The SMILES string of the molecule is NN=PN=NP1(N=NP=NN)=NP(N=NP=NN)(N=P(N(c2ccccc2)c2ccccc2)(N(c2ccccc2)c2ccccc2)N(c2ccccc2)c2ccccc2)=NP(N=P(N(c2ccccc2)c2ccccc2)(N(c2ccccc2)c2ccccc2)N(c2ccccc2)c2ccccc2)(N=P(N(c2ccccc2)c2ccccc2)(N(c2ccccc2)c2ccccc2)N(c2ccccc2)c2ccccc2)=N1. The van der Waals surface area contributed by atoms with E-state index in [4.69, 9.17) is 73.9 Å². The van der Waals surface area contributed by atoms with Crippen molar-refractivity contribution in [1.29, 1.82) is 0 Å². The molecule has 0 spiro atoms. The Morgan fingerprint density at radius 1 is 0.153 bits per heavy atom. The van der Waals surface area contributed by atoms with E-state index in [1.807, 2.05) is 328 Å². The lowest BCUT2D eigenvalue weighted by atomic mass is 10.2. The molecule has 0 aliphatic carbocycles. The molecule has 708 valence electrons. The van der Waals surface area contributed by atoms with Gasteiger partial charge in [-0.25, -0.2) is 17.5 Å². The maximum Gasteiger partial charge on any atom is 0.348 e. The molecule has 36 heteroatoms. The maximum atomic E-state index is 7.74. The average molecular weight is 2050 g/mol. The summed E-state index contributed by atoms with van der Waals surface area (Å²) in [6.45, 7) is 0. The van der Waals surface area contributed by atoms with E-state index < -0.39 is 45.0 Å². The predicted molar refractivity (Wildman–Crippen MR) is 606 cm³/mol. The monoisotopic (exact) mass is 2050 g/mol. The first kappa shape index (κ1) is 97.3. The highest BCUT2D eigenvalue weighted by atomic mass is 31.3. The molecule has 0 bridgehead atoms. The maximum absolute atomic E-state index is 7.74. The molecule has 27 nitrogen and oxygen atoms in total. The van der Waals surface area contributed by atoms with Gasteiger partial charge >= 0.3 is 22.5 Å². The highest BCUT2D eigenvalue weighted by Crippen LogP contribution is 2.92. The van der Waals surface area contributed by atoms with Crippen molar-refractivity contribution in [3.05, 3.63) is 546 Å². The molecule has 0 amide bonds. The third-order valence-corrected chi connectivity index (χ3v) is 45.4. The second-order valence-electron chi connectivity index (χ2n) is 31.8. The molecule has 1 aliphatic heterocycles. The summed E-state index contributed by atoms with van der Waals surface area (Å²) >= 11 is 0. The van der Waals surface area contributed by atoms with Crippen LogP contribution < -0.4 is 59.6 Å². The fourth-order valence-corrected chi connectivity index (χ4v) is 44.9. The van der Waals surface area contributed by atoms with Gasteiger partial charge in [-0.3, -0.25) is 42.0 Å². The lowest BCUT2D eigenvalue weighted by molar-refractivity contribution is 1.23. The zero-order valence-corrected chi connectivity index (χ0v) is 85.5. The van der Waals surface area contributed by atoms with Crippen LogP contribution in [0.25, 0.3) is 0 Å². The molecule has 6 N–H and O–H groups in total. The molecule has 1 atom stereocenters. The molecule has 1 aliphatic rings. The van der Waals surface area contributed by atoms with Gasteiger partial charge in [0.05, 0.1) is 0 Å². The molecule has 18 aromatic rings. The quantitative estimate of drug-likeness (QED) is 0.0143. The van der Waals surface area contributed by atoms with Crippen molar-refractivity contribution in [3.8, 4) is 0 Å². The Kier molecular flexibility index (Phi) is 31.4. The smallest absolute Gasteiger partial charge is 0.274 e. The van der Waals surface area contributed by atoms with Crippen LogP contribution in [-0.4, -0.2) is 0 Å². The van der Waals surface area contributed by atoms with Crippen LogP contribution in [-0.2, 0) is 0 Å². The van der Waals surface area contributed by atoms with Gasteiger partial charge in [0.1, 0.15) is 0 Å². The molecule has 0 saturated carbocycles. The lowest BCUT2D eigenvalue weighted by Gasteiger charge is -2.53. The minimum Gasteiger partial charge on any atom is -0.274 e. The van der Waals surface area contributed by atoms with Gasteiger partial charge in [0.15, 0.2) is 25.6 Å². The van der Waals surface area contributed by atoms with Crippen LogP contribution in [0.4, 0.5) is 102 Å². The molecule has 0 aromatic heterocycles. The number of nitrogens with two attached hydrogens (primary N) is 3. The fraction of sp³-hybridized carbons (Fsp3) is 0. The third kappa shape index (κ3) is 20.9. The predicted octanol–water partition coefficient (Wildman–Crippen LogP) is 38.3. The second kappa shape index (κ2) is 46.5. The summed E-state index contributed by atoms with van der Waals surface area (Å²) in [5.41, 5.74) is 11.6. The van der Waals surface area contributed by atoms with Crippen molar-refractivity contribution < 1.29 is 0 Å². The third-order valence-electron chi connectivity index (χ3n) is 22.6. The number of nitrogens with zero attached hydrogens (tertiary/aromatic N) is 24. The number of hydrogen-bond acceptors (Lipinski definition) is 12. The zero-order valence-electron chi connectivity index (χ0n) is 77.5. The molecular weight excluding hydrogens is 1950 g/mol. The van der Waals surface area contributed by atoms with Crippen molar-refractivity contribution in [2.75, 3.05) is 42.0 Å². The van der Waals surface area contributed by atoms with E-state index in [-0.39, 0.29) is 25.6 Å². The standard InChI is InChI=1S/C108H96N27P9/c109-112-136-115-118-139(119-116-137-113-110)121-140(120-117-138-114-111,124-142(127(91-55-19-1-20-56-91)92-57-21-2-22-58-92,128(93-59-23-3-24-60-93)94-61-25-4-26-62-94)129(95-63-27-5-28-64-95)96-65-29-6-30-66-96)123-141(122-139,125-143(130(97-67-31-7-32-68-97)98-69-33-8-34-70-98,131(99-71-35-9-36-72-99)100-73-37-10-38-74-100)132(101-75-39-11-40-76-101)102-77-41-12-42-78-102)126-144(133(103-79-43-13-44-80-103)104-81-45-14-46-82-104,134(105-83-47-15-48-84-105)106-85-49-16-50-86-106)135(107-87-51-17-52-88-107)108-89-53-18-54-90-108/h1-90H,109-111H2. The van der Waals surface area contributed by atoms with Gasteiger partial charge in [0, 0.05) is 102 Å². The van der Waals surface area contributed by atoms with Crippen LogP contribution in [0.15, 0.2) is 617 Å². The van der Waals surface area contributed by atoms with Crippen LogP contribution in [0.5, 0.6) is 0 Å². The number of anilines is 18. The van der Waals surface area contributed by atoms with Crippen molar-refractivity contribution in [2.45, 2.75) is 0 Å². The topological polar surface area (TPSA) is 293 Å². The van der Waals surface area contributed by atoms with E-state index in [0.717, 1.165) is 0 Å². The van der Waals surface area contributed by atoms with Crippen LogP contribution >= 0.6 is 70.6 Å². The highest BCUT2D eigenvalue weighted by Gasteiger charge is 2.56. The van der Waals surface area contributed by atoms with Crippen LogP contribution in [0, 0.1) is 0 Å². The summed E-state index contributed by atoms with van der Waals surface area (Å²) in [7, 11) is -32.0. The molecule has 19 rings (SSSR count). The van der Waals surface area contributed by atoms with Crippen LogP contribution in [0.1, 0.15) is 0 Å². The number of hydrogen-bond donors (Lipinski definition) is 3. The zero-order chi connectivity index (χ0) is 98.0. The summed E-state index contributed by atoms with van der Waals surface area (Å²) in [6.07, 6.45) is 0. The number of rotatable bonds is 36. The van der Waals surface area contributed by atoms with Gasteiger partial charge in [-0.1, -0.05) is 342 Å². The second-order valence-corrected chi connectivity index (χ2v) is 48.4. The van der Waals surface area contributed by atoms with Crippen molar-refractivity contribution in [2.24, 2.45) is 88.5 Å². The Bertz CT molecular complexity index is 6560. The van der Waals surface area contributed by atoms with Crippen molar-refractivity contribution in [1.82, 2.24) is 0 Å². The summed E-state index contributed by atoms with van der Waals surface area (Å²) < 4.78 is 64.4. The Labute approximate surface area is 843 Å². The van der Waals surface area contributed by atoms with E-state index in [0.29, 0.717) is 102 Å². The first-order valence-electron chi connectivity index (χ1n) is 45.8. The average Bonchev–Trinajstić information content (AvgIpc) is 0.678. The molecule has 18 aromatic carbocycles. The Balaban J connectivity index is 1.28. The Morgan fingerprint density at radius 3 is 0.382 bits per heavy atom. The van der Waals surface area contributed by atoms with Gasteiger partial charge in [-0.15, -0.1) is 14.7 Å². The van der Waals surface area contributed by atoms with E-state index in [1.54, 1.807) is 0 Å². The largest absolute Gasteiger partial charge is 0.348 e. The van der Waals surface area contributed by atoms with E-state index in [2.05, 4.69) is 275 Å². The van der Waals surface area contributed by atoms with Gasteiger partial charge in [-0.2, -0.15) is 41.7 Å². The van der Waals surface area contributed by atoms with Gasteiger partial charge < -0.3 is 0 Å². The van der Waals surface area contributed by atoms with Crippen molar-refractivity contribution in [3.63, 3.8) is 0 Å². The summed E-state index contributed by atoms with van der Waals surface area (Å²) in [6, 6.07) is 185. The van der Waals surface area contributed by atoms with Crippen LogP contribution in [0.2, 0.25) is 0 Å². The molecule has 0 fully saturated rings. The summed E-state index contributed by atoms with van der Waals surface area (Å²) in [4.78, 5) is 45.8. The lowest BCUT2D eigenvalue weighted by Crippen LogP contribution is -2.36. The fourth-order valence-electron chi connectivity index (χ4n) is 17.1. The van der Waals surface area contributed by atoms with E-state index in [9.17, 15) is 0 Å². The van der Waals surface area contributed by atoms with Gasteiger partial charge in [0.25, 0.3) is 22.5 Å². The van der Waals surface area contributed by atoms with E-state index >= 15 is 0 Å². The Morgan fingerprint density at radius 2 is 0.257 bits per heavy atom. The normalized spacial score (nSPS) is 14.6. The minimum absolute atomic E-state index is 0.131. The summed E-state index contributed by atoms with van der Waals surface area (Å²) in [5.74, 6) is 19.7. The highest BCUT2D eigenvalue weighted by molar-refractivity contribution is 7.92. The summed E-state index contributed by atoms with van der Waals surface area (Å²) in [5, 5.41) is 0. The van der Waals surface area contributed by atoms with E-state index in [1.165, 1.54) is 0 Å². The minimum atomic E-state index is -5.83. The molecular formula is C108H96N27P9. The number of benzene rings is 18. The molecule has 1 unspecified atom stereocenters. The number of para-hydroxylation sites is 18. The molecule has 0 radical (unpaired) electrons. The molecule has 1 heterocycles. The van der Waals surface area contributed by atoms with Gasteiger partial charge in [-0.05, 0) is 218 Å². The molecule has 144 heavy (non-hydrogen) atoms. The first-order chi connectivity index (χ1) is 71.2. The van der Waals surface area contributed by atoms with Crippen LogP contribution in [0.3, 0.4) is 0 Å². The first-order valence-corrected chi connectivity index (χ1v) is 57.8.